The van der Waals surface area contributed by atoms with Gasteiger partial charge in [-0.2, -0.15) is 5.26 Å². The third kappa shape index (κ3) is 4.39. The number of rotatable bonds is 5. The number of halogens is 1. The quantitative estimate of drug-likeness (QED) is 0.375. The van der Waals surface area contributed by atoms with Crippen molar-refractivity contribution in [3.63, 3.8) is 0 Å². The van der Waals surface area contributed by atoms with Crippen LogP contribution in [0.5, 0.6) is 17.2 Å². The molecule has 2 aliphatic heterocycles. The summed E-state index contributed by atoms with van der Waals surface area (Å²) in [5, 5.41) is 11.5. The van der Waals surface area contributed by atoms with Gasteiger partial charge in [-0.15, -0.1) is 0 Å². The maximum atomic E-state index is 13.3. The monoisotopic (exact) mass is 545 g/mol. The van der Waals surface area contributed by atoms with E-state index in [1.807, 2.05) is 0 Å². The fourth-order valence-corrected chi connectivity index (χ4v) is 4.12. The first-order valence-corrected chi connectivity index (χ1v) is 11.5. The van der Waals surface area contributed by atoms with Crippen molar-refractivity contribution in [2.45, 2.75) is 6.61 Å². The smallest absolute Gasteiger partial charge is 0.335 e. The number of hydrogen-bond donors (Lipinski definition) is 1. The number of carbonyl (C=O) groups excluding carboxylic acids is 3. The molecule has 0 saturated carbocycles. The second-order valence-electron chi connectivity index (χ2n) is 7.74. The Hall–Kier alpha value is -4.62. The summed E-state index contributed by atoms with van der Waals surface area (Å²) in [6, 6.07) is 18.0. The summed E-state index contributed by atoms with van der Waals surface area (Å²) in [4.78, 5) is 39.4. The summed E-state index contributed by atoms with van der Waals surface area (Å²) in [5.74, 6) is -0.378. The minimum absolute atomic E-state index is 0.0348. The molecule has 178 valence electrons. The zero-order chi connectivity index (χ0) is 25.2. The number of nitrogens with one attached hydrogen (secondary N) is 1. The van der Waals surface area contributed by atoms with Crippen LogP contribution in [-0.4, -0.2) is 24.6 Å². The number of anilines is 1. The van der Waals surface area contributed by atoms with Crippen LogP contribution in [0.15, 0.2) is 70.7 Å². The molecule has 0 bridgehead atoms. The predicted octanol–water partition coefficient (Wildman–Crippen LogP) is 4.29. The number of urea groups is 1. The van der Waals surface area contributed by atoms with Gasteiger partial charge in [0.05, 0.1) is 17.3 Å². The van der Waals surface area contributed by atoms with Crippen molar-refractivity contribution in [1.29, 1.82) is 5.26 Å². The number of nitrogens with zero attached hydrogens (tertiary/aromatic N) is 2. The van der Waals surface area contributed by atoms with E-state index < -0.39 is 17.8 Å². The molecule has 36 heavy (non-hydrogen) atoms. The summed E-state index contributed by atoms with van der Waals surface area (Å²) in [5.41, 5.74) is 1.56. The van der Waals surface area contributed by atoms with E-state index in [4.69, 9.17) is 14.2 Å². The molecule has 0 atom stereocenters. The number of carbonyl (C=O) groups is 3. The van der Waals surface area contributed by atoms with Crippen LogP contribution < -0.4 is 24.4 Å². The van der Waals surface area contributed by atoms with Crippen LogP contribution in [0, 0.1) is 11.3 Å². The first-order chi connectivity index (χ1) is 17.4. The third-order valence-corrected chi connectivity index (χ3v) is 6.00. The molecule has 0 unspecified atom stereocenters. The number of fused-ring (bicyclic) bond motifs is 1. The van der Waals surface area contributed by atoms with E-state index in [-0.39, 0.29) is 24.7 Å². The van der Waals surface area contributed by atoms with Gasteiger partial charge < -0.3 is 14.2 Å². The molecule has 0 aromatic heterocycles. The molecule has 0 spiro atoms. The van der Waals surface area contributed by atoms with Gasteiger partial charge in [0.2, 0.25) is 6.79 Å². The SMILES string of the molecule is N#Cc1ccccc1COc1ccc(Br)cc1C=C1C(=O)NC(=O)N(c2ccc3c(c2)OCO3)C1=O. The van der Waals surface area contributed by atoms with Crippen molar-refractivity contribution in [3.8, 4) is 23.3 Å². The average Bonchev–Trinajstić information content (AvgIpc) is 3.34. The number of amides is 4. The Labute approximate surface area is 213 Å². The molecule has 0 radical (unpaired) electrons. The van der Waals surface area contributed by atoms with Crippen molar-refractivity contribution in [1.82, 2.24) is 5.32 Å². The number of imide groups is 2. The van der Waals surface area contributed by atoms with Crippen molar-refractivity contribution in [2.75, 3.05) is 11.7 Å². The van der Waals surface area contributed by atoms with E-state index in [0.29, 0.717) is 38.4 Å². The van der Waals surface area contributed by atoms with Crippen LogP contribution in [-0.2, 0) is 16.2 Å². The Morgan fingerprint density at radius 1 is 1.06 bits per heavy atom. The molecule has 3 aromatic rings. The van der Waals surface area contributed by atoms with Gasteiger partial charge in [-0.25, -0.2) is 9.69 Å². The molecular weight excluding hydrogens is 530 g/mol. The topological polar surface area (TPSA) is 118 Å². The van der Waals surface area contributed by atoms with Crippen LogP contribution in [0.3, 0.4) is 0 Å². The number of barbiturate groups is 1. The molecule has 2 heterocycles. The molecule has 5 rings (SSSR count). The molecule has 4 amide bonds. The summed E-state index contributed by atoms with van der Waals surface area (Å²) >= 11 is 3.39. The Bertz CT molecular complexity index is 1490. The van der Waals surface area contributed by atoms with Gasteiger partial charge in [0.1, 0.15) is 17.9 Å². The molecule has 0 aliphatic carbocycles. The average molecular weight is 546 g/mol. The zero-order valence-corrected chi connectivity index (χ0v) is 20.1. The number of benzene rings is 3. The van der Waals surface area contributed by atoms with Crippen molar-refractivity contribution in [2.24, 2.45) is 0 Å². The van der Waals surface area contributed by atoms with Crippen LogP contribution >= 0.6 is 15.9 Å². The number of hydrogen-bond acceptors (Lipinski definition) is 7. The van der Waals surface area contributed by atoms with Gasteiger partial charge in [-0.1, -0.05) is 34.1 Å². The Kier molecular flexibility index (Phi) is 6.14. The lowest BCUT2D eigenvalue weighted by atomic mass is 10.1. The highest BCUT2D eigenvalue weighted by atomic mass is 79.9. The summed E-state index contributed by atoms with van der Waals surface area (Å²) in [7, 11) is 0. The highest BCUT2D eigenvalue weighted by Crippen LogP contribution is 2.36. The maximum absolute atomic E-state index is 13.3. The molecule has 2 aliphatic rings. The van der Waals surface area contributed by atoms with E-state index in [9.17, 15) is 19.6 Å². The minimum atomic E-state index is -0.875. The second-order valence-corrected chi connectivity index (χ2v) is 8.65. The van der Waals surface area contributed by atoms with Gasteiger partial charge in [0.15, 0.2) is 11.5 Å². The van der Waals surface area contributed by atoms with Gasteiger partial charge in [0.25, 0.3) is 11.8 Å². The third-order valence-electron chi connectivity index (χ3n) is 5.51. The molecule has 1 saturated heterocycles. The highest BCUT2D eigenvalue weighted by Gasteiger charge is 2.37. The molecule has 1 N–H and O–H groups in total. The van der Waals surface area contributed by atoms with Crippen LogP contribution in [0.2, 0.25) is 0 Å². The molecule has 9 nitrogen and oxygen atoms in total. The fourth-order valence-electron chi connectivity index (χ4n) is 3.75. The van der Waals surface area contributed by atoms with E-state index >= 15 is 0 Å². The van der Waals surface area contributed by atoms with Crippen molar-refractivity contribution < 1.29 is 28.6 Å². The minimum Gasteiger partial charge on any atom is -0.488 e. The second kappa shape index (κ2) is 9.56. The first-order valence-electron chi connectivity index (χ1n) is 10.7. The summed E-state index contributed by atoms with van der Waals surface area (Å²) in [6.45, 7) is 0.135. The van der Waals surface area contributed by atoms with E-state index in [1.165, 1.54) is 18.2 Å². The van der Waals surface area contributed by atoms with Gasteiger partial charge in [-0.3, -0.25) is 14.9 Å². The van der Waals surface area contributed by atoms with Gasteiger partial charge in [0, 0.05) is 21.7 Å². The van der Waals surface area contributed by atoms with Gasteiger partial charge in [-0.05, 0) is 42.5 Å². The molecule has 3 aromatic carbocycles. The highest BCUT2D eigenvalue weighted by molar-refractivity contribution is 9.10. The molecule has 1 fully saturated rings. The van der Waals surface area contributed by atoms with Crippen molar-refractivity contribution >= 4 is 45.5 Å². The van der Waals surface area contributed by atoms with Gasteiger partial charge >= 0.3 is 6.03 Å². The normalized spacial score (nSPS) is 15.6. The number of nitriles is 1. The number of ether oxygens (including phenoxy) is 3. The van der Waals surface area contributed by atoms with Crippen LogP contribution in [0.1, 0.15) is 16.7 Å². The first kappa shape index (κ1) is 23.1. The lowest BCUT2D eigenvalue weighted by Gasteiger charge is -2.26. The Balaban J connectivity index is 1.47. The predicted molar refractivity (Wildman–Crippen MR) is 131 cm³/mol. The largest absolute Gasteiger partial charge is 0.488 e. The maximum Gasteiger partial charge on any atom is 0.335 e. The summed E-state index contributed by atoms with van der Waals surface area (Å²) < 4.78 is 17.2. The lowest BCUT2D eigenvalue weighted by Crippen LogP contribution is -2.54. The fraction of sp³-hybridized carbons (Fsp3) is 0.0769. The molecule has 10 heteroatoms. The van der Waals surface area contributed by atoms with Crippen LogP contribution in [0.4, 0.5) is 10.5 Å². The zero-order valence-electron chi connectivity index (χ0n) is 18.5. The standard InChI is InChI=1S/C26H16BrN3O6/c27-18-5-7-21(34-13-16-4-2-1-3-15(16)12-28)17(9-18)10-20-24(31)29-26(33)30(25(20)32)19-6-8-22-23(11-19)36-14-35-22/h1-11H,13-14H2,(H,29,31,33). The summed E-state index contributed by atoms with van der Waals surface area (Å²) in [6.07, 6.45) is 1.36. The Morgan fingerprint density at radius 3 is 2.69 bits per heavy atom. The van der Waals surface area contributed by atoms with E-state index in [1.54, 1.807) is 48.5 Å². The van der Waals surface area contributed by atoms with E-state index in [2.05, 4.69) is 27.3 Å². The van der Waals surface area contributed by atoms with Crippen LogP contribution in [0.25, 0.3) is 6.08 Å². The Morgan fingerprint density at radius 2 is 1.86 bits per heavy atom. The van der Waals surface area contributed by atoms with E-state index in [0.717, 1.165) is 4.90 Å². The van der Waals surface area contributed by atoms with Crippen molar-refractivity contribution in [3.05, 3.63) is 87.4 Å². The molecular formula is C26H16BrN3O6. The lowest BCUT2D eigenvalue weighted by molar-refractivity contribution is -0.122.